The molecule has 1 aromatic carbocycles. The molecule has 1 aliphatic rings. The number of alkyl halides is 1. The van der Waals surface area contributed by atoms with Gasteiger partial charge in [0.25, 0.3) is 5.91 Å². The van der Waals surface area contributed by atoms with Gasteiger partial charge in [0.1, 0.15) is 5.00 Å². The van der Waals surface area contributed by atoms with E-state index in [4.69, 9.17) is 16.3 Å². The van der Waals surface area contributed by atoms with E-state index in [-0.39, 0.29) is 11.9 Å². The molecule has 0 saturated carbocycles. The van der Waals surface area contributed by atoms with E-state index < -0.39 is 0 Å². The van der Waals surface area contributed by atoms with Crippen molar-refractivity contribution < 1.29 is 14.3 Å². The van der Waals surface area contributed by atoms with Gasteiger partial charge in [0.2, 0.25) is 0 Å². The molecule has 0 saturated heterocycles. The fraction of sp³-hybridized carbons (Fsp3) is 0.368. The standard InChI is InChI=1S/C19H20ClNO3S/c1-2-24-19(23)16-14-8-3-4-9-15(14)25-18(16)21-17(22)13-7-5-6-12(10-13)11-20/h5-7,10H,2-4,8-9,11H2,1H3,(H,21,22). The number of fused-ring (bicyclic) bond motifs is 1. The number of nitrogens with one attached hydrogen (secondary N) is 1. The molecule has 4 nitrogen and oxygen atoms in total. The molecule has 0 unspecified atom stereocenters. The number of hydrogen-bond acceptors (Lipinski definition) is 4. The first-order valence-corrected chi connectivity index (χ1v) is 9.77. The van der Waals surface area contributed by atoms with Gasteiger partial charge in [0.15, 0.2) is 0 Å². The van der Waals surface area contributed by atoms with Gasteiger partial charge in [-0.1, -0.05) is 12.1 Å². The van der Waals surface area contributed by atoms with Gasteiger partial charge in [0.05, 0.1) is 12.2 Å². The lowest BCUT2D eigenvalue weighted by Gasteiger charge is -2.12. The average molecular weight is 378 g/mol. The number of ether oxygens (including phenoxy) is 1. The van der Waals surface area contributed by atoms with E-state index in [1.165, 1.54) is 16.2 Å². The van der Waals surface area contributed by atoms with Gasteiger partial charge in [-0.2, -0.15) is 0 Å². The number of aryl methyl sites for hydroxylation is 1. The Balaban J connectivity index is 1.92. The molecule has 0 radical (unpaired) electrons. The predicted octanol–water partition coefficient (Wildman–Crippen LogP) is 4.79. The van der Waals surface area contributed by atoms with Crippen molar-refractivity contribution in [1.82, 2.24) is 0 Å². The van der Waals surface area contributed by atoms with Crippen LogP contribution in [0.5, 0.6) is 0 Å². The lowest BCUT2D eigenvalue weighted by Crippen LogP contribution is -2.16. The summed E-state index contributed by atoms with van der Waals surface area (Å²) in [4.78, 5) is 26.2. The second-order valence-corrected chi connectivity index (χ2v) is 7.30. The topological polar surface area (TPSA) is 55.4 Å². The van der Waals surface area contributed by atoms with Crippen molar-refractivity contribution in [3.63, 3.8) is 0 Å². The third kappa shape index (κ3) is 3.88. The average Bonchev–Trinajstić information content (AvgIpc) is 2.99. The van der Waals surface area contributed by atoms with Gasteiger partial charge in [-0.05, 0) is 55.9 Å². The Bertz CT molecular complexity index is 800. The van der Waals surface area contributed by atoms with Gasteiger partial charge in [0, 0.05) is 16.3 Å². The molecule has 2 aromatic rings. The zero-order valence-corrected chi connectivity index (χ0v) is 15.6. The zero-order chi connectivity index (χ0) is 17.8. The summed E-state index contributed by atoms with van der Waals surface area (Å²) in [5, 5.41) is 3.50. The van der Waals surface area contributed by atoms with Crippen molar-refractivity contribution in [3.8, 4) is 0 Å². The Labute approximate surface area is 156 Å². The van der Waals surface area contributed by atoms with Crippen LogP contribution in [0, 0.1) is 0 Å². The van der Waals surface area contributed by atoms with Crippen LogP contribution in [0.25, 0.3) is 0 Å². The molecule has 132 valence electrons. The quantitative estimate of drug-likeness (QED) is 0.601. The van der Waals surface area contributed by atoms with Crippen molar-refractivity contribution in [2.45, 2.75) is 38.5 Å². The van der Waals surface area contributed by atoms with Crippen LogP contribution in [0.15, 0.2) is 24.3 Å². The SMILES string of the molecule is CCOC(=O)c1c(NC(=O)c2cccc(CCl)c2)sc2c1CCCC2. The van der Waals surface area contributed by atoms with Crippen LogP contribution in [0.2, 0.25) is 0 Å². The predicted molar refractivity (Wildman–Crippen MR) is 101 cm³/mol. The zero-order valence-electron chi connectivity index (χ0n) is 14.1. The first-order chi connectivity index (χ1) is 12.1. The van der Waals surface area contributed by atoms with Gasteiger partial charge < -0.3 is 10.1 Å². The third-order valence-corrected chi connectivity index (χ3v) is 5.74. The number of anilines is 1. The number of benzene rings is 1. The summed E-state index contributed by atoms with van der Waals surface area (Å²) >= 11 is 7.33. The normalized spacial score (nSPS) is 13.2. The molecular weight excluding hydrogens is 358 g/mol. The maximum atomic E-state index is 12.6. The number of esters is 1. The molecule has 1 aromatic heterocycles. The van der Waals surface area contributed by atoms with E-state index in [2.05, 4.69) is 5.32 Å². The van der Waals surface area contributed by atoms with E-state index in [1.54, 1.807) is 25.1 Å². The second kappa shape index (κ2) is 8.02. The highest BCUT2D eigenvalue weighted by Crippen LogP contribution is 2.38. The van der Waals surface area contributed by atoms with Crippen molar-refractivity contribution >= 4 is 39.8 Å². The van der Waals surface area contributed by atoms with Crippen molar-refractivity contribution in [1.29, 1.82) is 0 Å². The monoisotopic (exact) mass is 377 g/mol. The summed E-state index contributed by atoms with van der Waals surface area (Å²) in [5.41, 5.74) is 2.98. The summed E-state index contributed by atoms with van der Waals surface area (Å²) in [7, 11) is 0. The number of halogens is 1. The van der Waals surface area contributed by atoms with Gasteiger partial charge in [-0.3, -0.25) is 4.79 Å². The lowest BCUT2D eigenvalue weighted by atomic mass is 9.95. The van der Waals surface area contributed by atoms with E-state index in [0.29, 0.717) is 28.6 Å². The lowest BCUT2D eigenvalue weighted by molar-refractivity contribution is 0.0526. The van der Waals surface area contributed by atoms with Crippen LogP contribution in [0.1, 0.15) is 56.5 Å². The first-order valence-electron chi connectivity index (χ1n) is 8.42. The molecule has 0 fully saturated rings. The van der Waals surface area contributed by atoms with Crippen molar-refractivity contribution in [2.24, 2.45) is 0 Å². The summed E-state index contributed by atoms with van der Waals surface area (Å²) in [5.74, 6) is -0.245. The Hall–Kier alpha value is -1.85. The molecule has 0 spiro atoms. The van der Waals surface area contributed by atoms with Gasteiger partial charge in [-0.15, -0.1) is 22.9 Å². The number of carbonyl (C=O) groups is 2. The van der Waals surface area contributed by atoms with Gasteiger partial charge in [-0.25, -0.2) is 4.79 Å². The number of carbonyl (C=O) groups excluding carboxylic acids is 2. The van der Waals surface area contributed by atoms with Crippen molar-refractivity contribution in [2.75, 3.05) is 11.9 Å². The number of rotatable bonds is 5. The molecule has 0 aliphatic heterocycles. The second-order valence-electron chi connectivity index (χ2n) is 5.92. The minimum Gasteiger partial charge on any atom is -0.462 e. The Morgan fingerprint density at radius 2 is 2.08 bits per heavy atom. The summed E-state index contributed by atoms with van der Waals surface area (Å²) in [6.07, 6.45) is 3.98. The van der Waals surface area contributed by atoms with Crippen LogP contribution >= 0.6 is 22.9 Å². The van der Waals surface area contributed by atoms with Crippen LogP contribution in [-0.2, 0) is 23.5 Å². The number of hydrogen-bond donors (Lipinski definition) is 1. The van der Waals surface area contributed by atoms with E-state index >= 15 is 0 Å². The maximum absolute atomic E-state index is 12.6. The highest BCUT2D eigenvalue weighted by atomic mass is 35.5. The van der Waals surface area contributed by atoms with Crippen molar-refractivity contribution in [3.05, 3.63) is 51.4 Å². The molecule has 1 amide bonds. The molecular formula is C19H20ClNO3S. The fourth-order valence-corrected chi connectivity index (χ4v) is 4.48. The first kappa shape index (κ1) is 18.0. The van der Waals surface area contributed by atoms with E-state index in [9.17, 15) is 9.59 Å². The molecule has 1 N–H and O–H groups in total. The smallest absolute Gasteiger partial charge is 0.341 e. The van der Waals surface area contributed by atoms with Crippen LogP contribution in [0.3, 0.4) is 0 Å². The molecule has 0 bridgehead atoms. The molecule has 1 aliphatic carbocycles. The summed E-state index contributed by atoms with van der Waals surface area (Å²) in [6, 6.07) is 7.18. The number of amides is 1. The minimum atomic E-state index is -0.355. The van der Waals surface area contributed by atoms with E-state index in [1.807, 2.05) is 6.07 Å². The highest BCUT2D eigenvalue weighted by Gasteiger charge is 2.27. The van der Waals surface area contributed by atoms with Gasteiger partial charge >= 0.3 is 5.97 Å². The summed E-state index contributed by atoms with van der Waals surface area (Å²) < 4.78 is 5.22. The molecule has 0 atom stereocenters. The maximum Gasteiger partial charge on any atom is 0.341 e. The molecule has 1 heterocycles. The van der Waals surface area contributed by atoms with Crippen LogP contribution in [0.4, 0.5) is 5.00 Å². The largest absolute Gasteiger partial charge is 0.462 e. The molecule has 3 rings (SSSR count). The third-order valence-electron chi connectivity index (χ3n) is 4.22. The molecule has 25 heavy (non-hydrogen) atoms. The Morgan fingerprint density at radius 3 is 2.84 bits per heavy atom. The Kier molecular flexibility index (Phi) is 5.76. The minimum absolute atomic E-state index is 0.240. The number of thiophene rings is 1. The van der Waals surface area contributed by atoms with Crippen LogP contribution < -0.4 is 5.32 Å². The highest BCUT2D eigenvalue weighted by molar-refractivity contribution is 7.17. The van der Waals surface area contributed by atoms with E-state index in [0.717, 1.165) is 36.8 Å². The molecule has 6 heteroatoms. The van der Waals surface area contributed by atoms with Crippen LogP contribution in [-0.4, -0.2) is 18.5 Å². The fourth-order valence-electron chi connectivity index (χ4n) is 3.04. The summed E-state index contributed by atoms with van der Waals surface area (Å²) in [6.45, 7) is 2.10. The Morgan fingerprint density at radius 1 is 1.28 bits per heavy atom.